The van der Waals surface area contributed by atoms with Gasteiger partial charge in [0.05, 0.1) is 11.1 Å². The number of alkyl halides is 6. The van der Waals surface area contributed by atoms with Gasteiger partial charge in [0.25, 0.3) is 0 Å². The highest BCUT2D eigenvalue weighted by Crippen LogP contribution is 2.50. The Kier molecular flexibility index (Phi) is 6.24. The molecule has 3 rings (SSSR count). The summed E-state index contributed by atoms with van der Waals surface area (Å²) in [6.45, 7) is -0.595. The van der Waals surface area contributed by atoms with Crippen LogP contribution in [0, 0.1) is 0 Å². The fourth-order valence-corrected chi connectivity index (χ4v) is 4.32. The van der Waals surface area contributed by atoms with Crippen LogP contribution < -0.4 is 9.05 Å². The van der Waals surface area contributed by atoms with Crippen LogP contribution >= 0.6 is 7.60 Å². The quantitative estimate of drug-likeness (QED) is 0.331. The Hall–Kier alpha value is -2.72. The number of ether oxygens (including phenoxy) is 1. The van der Waals surface area contributed by atoms with Gasteiger partial charge in [0.1, 0.15) is 31.1 Å². The summed E-state index contributed by atoms with van der Waals surface area (Å²) in [5, 5.41) is 0. The van der Waals surface area contributed by atoms with E-state index in [1.165, 1.54) is 4.90 Å². The molecule has 6 nitrogen and oxygen atoms in total. The van der Waals surface area contributed by atoms with Gasteiger partial charge in [-0.1, -0.05) is 12.1 Å². The Morgan fingerprint density at radius 1 is 0.903 bits per heavy atom. The number of benzene rings is 2. The lowest BCUT2D eigenvalue weighted by Gasteiger charge is -2.24. The molecule has 31 heavy (non-hydrogen) atoms. The molecule has 0 spiro atoms. The molecule has 1 aliphatic heterocycles. The van der Waals surface area contributed by atoms with E-state index in [1.54, 1.807) is 0 Å². The molecular weight excluding hydrogens is 455 g/mol. The molecule has 0 amide bonds. The van der Waals surface area contributed by atoms with E-state index >= 15 is 0 Å². The summed E-state index contributed by atoms with van der Waals surface area (Å²) in [6, 6.07) is 6.87. The largest absolute Gasteiger partial charge is 0.449 e. The lowest BCUT2D eigenvalue weighted by Crippen LogP contribution is -2.25. The second-order valence-electron chi connectivity index (χ2n) is 6.46. The van der Waals surface area contributed by atoms with E-state index in [4.69, 9.17) is 13.8 Å². The maximum absolute atomic E-state index is 13.3. The van der Waals surface area contributed by atoms with Gasteiger partial charge in [-0.15, -0.1) is 0 Å². The number of hydrogen-bond donors (Lipinski definition) is 0. The standard InChI is InChI=1S/C18H14F6NO5P/c19-17(20,21)12-3-1-5-14(7-12)29-31(27,11-25-9-16(26)28-10-25)30-15-6-2-4-13(8-15)18(22,23)24/h1-8H,9-11H2. The molecular formula is C18H14F6NO5P. The van der Waals surface area contributed by atoms with Gasteiger partial charge in [-0.2, -0.15) is 26.3 Å². The minimum Gasteiger partial charge on any atom is -0.449 e. The first-order valence-electron chi connectivity index (χ1n) is 8.55. The Balaban J connectivity index is 1.90. The highest BCUT2D eigenvalue weighted by atomic mass is 31.2. The number of cyclic esters (lactones) is 1. The van der Waals surface area contributed by atoms with E-state index in [-0.39, 0.29) is 13.3 Å². The van der Waals surface area contributed by atoms with E-state index in [0.717, 1.165) is 36.4 Å². The van der Waals surface area contributed by atoms with Crippen molar-refractivity contribution < 1.29 is 49.5 Å². The molecule has 1 heterocycles. The second kappa shape index (κ2) is 8.43. The molecule has 1 fully saturated rings. The highest BCUT2D eigenvalue weighted by Gasteiger charge is 2.37. The van der Waals surface area contributed by atoms with Gasteiger partial charge in [0.2, 0.25) is 0 Å². The number of hydrogen-bond acceptors (Lipinski definition) is 6. The topological polar surface area (TPSA) is 65.1 Å². The minimum atomic E-state index is -4.71. The van der Waals surface area contributed by atoms with Crippen molar-refractivity contribution in [2.75, 3.05) is 19.6 Å². The van der Waals surface area contributed by atoms with Crippen molar-refractivity contribution in [3.8, 4) is 11.5 Å². The molecule has 0 atom stereocenters. The fraction of sp³-hybridized carbons (Fsp3) is 0.278. The summed E-state index contributed by atoms with van der Waals surface area (Å²) in [7, 11) is -4.42. The monoisotopic (exact) mass is 469 g/mol. The summed E-state index contributed by atoms with van der Waals surface area (Å²) < 4.78 is 106. The molecule has 2 aromatic carbocycles. The van der Waals surface area contributed by atoms with Gasteiger partial charge >= 0.3 is 25.9 Å². The van der Waals surface area contributed by atoms with Gasteiger partial charge in [-0.25, -0.2) is 9.46 Å². The van der Waals surface area contributed by atoms with Gasteiger partial charge < -0.3 is 13.8 Å². The molecule has 0 radical (unpaired) electrons. The van der Waals surface area contributed by atoms with Crippen LogP contribution in [-0.2, 0) is 26.4 Å². The second-order valence-corrected chi connectivity index (χ2v) is 8.33. The van der Waals surface area contributed by atoms with Gasteiger partial charge in [0, 0.05) is 0 Å². The number of halogens is 6. The van der Waals surface area contributed by atoms with E-state index < -0.39 is 54.8 Å². The third kappa shape index (κ3) is 6.14. The van der Waals surface area contributed by atoms with E-state index in [0.29, 0.717) is 12.1 Å². The number of esters is 1. The SMILES string of the molecule is O=C1CN(CP(=O)(Oc2cccc(C(F)(F)F)c2)Oc2cccc(C(F)(F)F)c2)CO1. The van der Waals surface area contributed by atoms with Crippen molar-refractivity contribution in [1.29, 1.82) is 0 Å². The van der Waals surface area contributed by atoms with Gasteiger partial charge in [-0.05, 0) is 36.4 Å². The van der Waals surface area contributed by atoms with Crippen LogP contribution in [0.4, 0.5) is 26.3 Å². The first kappa shape index (κ1) is 23.0. The number of rotatable bonds is 6. The van der Waals surface area contributed by atoms with Crippen molar-refractivity contribution in [1.82, 2.24) is 4.90 Å². The zero-order chi connectivity index (χ0) is 22.9. The van der Waals surface area contributed by atoms with Crippen molar-refractivity contribution in [3.05, 3.63) is 59.7 Å². The number of nitrogens with zero attached hydrogens (tertiary/aromatic N) is 1. The number of carbonyl (C=O) groups excluding carboxylic acids is 1. The van der Waals surface area contributed by atoms with Crippen LogP contribution in [-0.4, -0.2) is 30.4 Å². The normalized spacial score (nSPS) is 15.6. The third-order valence-corrected chi connectivity index (χ3v) is 5.67. The smallest absolute Gasteiger partial charge is 0.444 e. The molecule has 2 aromatic rings. The van der Waals surface area contributed by atoms with Crippen LogP contribution in [0.2, 0.25) is 0 Å². The minimum absolute atomic E-state index is 0.291. The van der Waals surface area contributed by atoms with E-state index in [1.807, 2.05) is 0 Å². The van der Waals surface area contributed by atoms with Crippen LogP contribution in [0.25, 0.3) is 0 Å². The molecule has 0 aliphatic carbocycles. The Bertz CT molecular complexity index is 946. The van der Waals surface area contributed by atoms with Gasteiger partial charge in [-0.3, -0.25) is 4.79 Å². The predicted octanol–water partition coefficient (Wildman–Crippen LogP) is 5.15. The van der Waals surface area contributed by atoms with Crippen molar-refractivity contribution >= 4 is 13.6 Å². The van der Waals surface area contributed by atoms with Crippen LogP contribution in [0.3, 0.4) is 0 Å². The Morgan fingerprint density at radius 3 is 1.77 bits per heavy atom. The molecule has 168 valence electrons. The average Bonchev–Trinajstić information content (AvgIpc) is 3.04. The molecule has 1 saturated heterocycles. The van der Waals surface area contributed by atoms with Gasteiger partial charge in [0.15, 0.2) is 0 Å². The summed E-state index contributed by atoms with van der Waals surface area (Å²) in [5.74, 6) is -1.60. The lowest BCUT2D eigenvalue weighted by atomic mass is 10.2. The Labute approximate surface area is 171 Å². The first-order valence-corrected chi connectivity index (χ1v) is 10.3. The summed E-state index contributed by atoms with van der Waals surface area (Å²) >= 11 is 0. The van der Waals surface area contributed by atoms with Crippen molar-refractivity contribution in [2.45, 2.75) is 12.4 Å². The molecule has 1 aliphatic rings. The summed E-state index contributed by atoms with van der Waals surface area (Å²) in [4.78, 5) is 12.5. The summed E-state index contributed by atoms with van der Waals surface area (Å²) in [6.07, 6.45) is -10.0. The third-order valence-electron chi connectivity index (χ3n) is 3.95. The molecule has 0 N–H and O–H groups in total. The zero-order valence-electron chi connectivity index (χ0n) is 15.4. The lowest BCUT2D eigenvalue weighted by molar-refractivity contribution is -0.138. The highest BCUT2D eigenvalue weighted by molar-refractivity contribution is 7.54. The van der Waals surface area contributed by atoms with Crippen LogP contribution in [0.15, 0.2) is 48.5 Å². The Morgan fingerprint density at radius 2 is 1.39 bits per heavy atom. The average molecular weight is 469 g/mol. The van der Waals surface area contributed by atoms with E-state index in [9.17, 15) is 35.7 Å². The summed E-state index contributed by atoms with van der Waals surface area (Å²) in [5.41, 5.74) is -2.18. The fourth-order valence-electron chi connectivity index (χ4n) is 2.63. The number of carbonyl (C=O) groups is 1. The predicted molar refractivity (Wildman–Crippen MR) is 94.3 cm³/mol. The molecule has 0 saturated carbocycles. The molecule has 0 unspecified atom stereocenters. The maximum Gasteiger partial charge on any atom is 0.444 e. The van der Waals surface area contributed by atoms with E-state index in [2.05, 4.69) is 0 Å². The van der Waals surface area contributed by atoms with Crippen molar-refractivity contribution in [2.24, 2.45) is 0 Å². The van der Waals surface area contributed by atoms with Crippen LogP contribution in [0.1, 0.15) is 11.1 Å². The first-order chi connectivity index (χ1) is 14.3. The molecule has 13 heteroatoms. The zero-order valence-corrected chi connectivity index (χ0v) is 16.3. The van der Waals surface area contributed by atoms with Crippen molar-refractivity contribution in [3.63, 3.8) is 0 Å². The van der Waals surface area contributed by atoms with Crippen LogP contribution in [0.5, 0.6) is 11.5 Å². The maximum atomic E-state index is 13.3. The molecule has 0 aromatic heterocycles. The molecule has 0 bridgehead atoms.